The maximum Gasteiger partial charge on any atom is 0.175 e. The van der Waals surface area contributed by atoms with Gasteiger partial charge in [0.15, 0.2) is 5.82 Å². The number of nitrogens with two attached hydrogens (primary N) is 1. The van der Waals surface area contributed by atoms with Gasteiger partial charge in [-0.2, -0.15) is 4.80 Å². The summed E-state index contributed by atoms with van der Waals surface area (Å²) in [6.07, 6.45) is 6.37. The molecule has 0 bridgehead atoms. The van der Waals surface area contributed by atoms with Crippen LogP contribution in [0.3, 0.4) is 0 Å². The van der Waals surface area contributed by atoms with Gasteiger partial charge in [-0.3, -0.25) is 0 Å². The van der Waals surface area contributed by atoms with E-state index < -0.39 is 0 Å². The number of aromatic nitrogens is 4. The van der Waals surface area contributed by atoms with E-state index in [2.05, 4.69) is 15.4 Å². The minimum Gasteiger partial charge on any atom is -0.329 e. The molecule has 2 N–H and O–H groups in total. The summed E-state index contributed by atoms with van der Waals surface area (Å²) in [4.78, 5) is 1.59. The number of hydrogen-bond donors (Lipinski definition) is 1. The molecular formula is C9H17N5. The van der Waals surface area contributed by atoms with Crippen LogP contribution in [0.15, 0.2) is 0 Å². The van der Waals surface area contributed by atoms with Crippen LogP contribution in [-0.4, -0.2) is 26.8 Å². The van der Waals surface area contributed by atoms with Crippen LogP contribution in [0.5, 0.6) is 0 Å². The maximum absolute atomic E-state index is 5.40. The first-order chi connectivity index (χ1) is 6.88. The lowest BCUT2D eigenvalue weighted by atomic mass is 10.0. The summed E-state index contributed by atoms with van der Waals surface area (Å²) in [5, 5.41) is 12.2. The summed E-state index contributed by atoms with van der Waals surface area (Å²) >= 11 is 0. The second kappa shape index (κ2) is 4.50. The van der Waals surface area contributed by atoms with E-state index in [9.17, 15) is 0 Å². The lowest BCUT2D eigenvalue weighted by Gasteiger charge is -2.02. The zero-order chi connectivity index (χ0) is 9.80. The maximum atomic E-state index is 5.40. The summed E-state index contributed by atoms with van der Waals surface area (Å²) in [5.74, 6) is 1.66. The van der Waals surface area contributed by atoms with Crippen molar-refractivity contribution >= 4 is 0 Å². The first-order valence-electron chi connectivity index (χ1n) is 5.35. The van der Waals surface area contributed by atoms with Crippen molar-refractivity contribution in [2.75, 3.05) is 6.54 Å². The number of rotatable bonds is 4. The van der Waals surface area contributed by atoms with Crippen LogP contribution in [0, 0.1) is 5.92 Å². The Kier molecular flexibility index (Phi) is 3.08. The molecule has 0 saturated heterocycles. The lowest BCUT2D eigenvalue weighted by molar-refractivity contribution is 0.512. The Morgan fingerprint density at radius 1 is 1.36 bits per heavy atom. The van der Waals surface area contributed by atoms with Gasteiger partial charge in [-0.25, -0.2) is 0 Å². The largest absolute Gasteiger partial charge is 0.329 e. The predicted molar refractivity (Wildman–Crippen MR) is 52.5 cm³/mol. The van der Waals surface area contributed by atoms with Crippen molar-refractivity contribution in [3.8, 4) is 0 Å². The molecule has 5 heteroatoms. The van der Waals surface area contributed by atoms with Crippen LogP contribution in [-0.2, 0) is 13.0 Å². The van der Waals surface area contributed by atoms with Gasteiger partial charge < -0.3 is 5.73 Å². The number of nitrogens with zero attached hydrogens (tertiary/aromatic N) is 4. The molecule has 0 radical (unpaired) electrons. The summed E-state index contributed by atoms with van der Waals surface area (Å²) in [7, 11) is 0. The molecular weight excluding hydrogens is 178 g/mol. The van der Waals surface area contributed by atoms with E-state index in [1.165, 1.54) is 25.7 Å². The molecule has 1 aromatic heterocycles. The van der Waals surface area contributed by atoms with Crippen molar-refractivity contribution in [1.82, 2.24) is 20.2 Å². The molecule has 1 aromatic rings. The Morgan fingerprint density at radius 3 is 2.86 bits per heavy atom. The topological polar surface area (TPSA) is 69.6 Å². The highest BCUT2D eigenvalue weighted by atomic mass is 15.6. The summed E-state index contributed by atoms with van der Waals surface area (Å²) in [5.41, 5.74) is 5.40. The van der Waals surface area contributed by atoms with Gasteiger partial charge in [-0.05, 0) is 11.1 Å². The van der Waals surface area contributed by atoms with Crippen molar-refractivity contribution in [1.29, 1.82) is 0 Å². The van der Waals surface area contributed by atoms with Crippen LogP contribution in [0.4, 0.5) is 0 Å². The molecule has 1 heterocycles. The van der Waals surface area contributed by atoms with E-state index in [0.717, 1.165) is 18.2 Å². The Morgan fingerprint density at radius 2 is 2.14 bits per heavy atom. The molecule has 1 saturated carbocycles. The Labute approximate surface area is 83.7 Å². The smallest absolute Gasteiger partial charge is 0.175 e. The molecule has 5 nitrogen and oxygen atoms in total. The second-order valence-corrected chi connectivity index (χ2v) is 3.94. The van der Waals surface area contributed by atoms with Crippen LogP contribution >= 0.6 is 0 Å². The highest BCUT2D eigenvalue weighted by Gasteiger charge is 2.17. The normalized spacial score (nSPS) is 17.8. The predicted octanol–water partition coefficient (Wildman–Crippen LogP) is 0.364. The zero-order valence-corrected chi connectivity index (χ0v) is 8.39. The fourth-order valence-corrected chi connectivity index (χ4v) is 2.04. The minimum atomic E-state index is 0.569. The zero-order valence-electron chi connectivity index (χ0n) is 8.39. The van der Waals surface area contributed by atoms with Gasteiger partial charge in [-0.1, -0.05) is 25.7 Å². The minimum absolute atomic E-state index is 0.569. The highest BCUT2D eigenvalue weighted by molar-refractivity contribution is 4.83. The van der Waals surface area contributed by atoms with E-state index in [-0.39, 0.29) is 0 Å². The van der Waals surface area contributed by atoms with Crippen molar-refractivity contribution in [2.24, 2.45) is 11.7 Å². The van der Waals surface area contributed by atoms with E-state index in [0.29, 0.717) is 13.1 Å². The molecule has 1 aliphatic carbocycles. The molecule has 0 amide bonds. The van der Waals surface area contributed by atoms with E-state index in [4.69, 9.17) is 5.73 Å². The molecule has 0 aliphatic heterocycles. The van der Waals surface area contributed by atoms with Gasteiger partial charge in [0.1, 0.15) is 0 Å². The Hall–Kier alpha value is -0.970. The van der Waals surface area contributed by atoms with E-state index in [1.54, 1.807) is 4.80 Å². The summed E-state index contributed by atoms with van der Waals surface area (Å²) < 4.78 is 0. The van der Waals surface area contributed by atoms with Gasteiger partial charge in [0.05, 0.1) is 6.54 Å². The molecule has 0 atom stereocenters. The SMILES string of the molecule is NCCn1nnc(CC2CCCC2)n1. The molecule has 0 aromatic carbocycles. The van der Waals surface area contributed by atoms with Crippen LogP contribution < -0.4 is 5.73 Å². The van der Waals surface area contributed by atoms with Gasteiger partial charge in [-0.15, -0.1) is 10.2 Å². The van der Waals surface area contributed by atoms with Crippen molar-refractivity contribution in [3.05, 3.63) is 5.82 Å². The Bertz CT molecular complexity index is 276. The van der Waals surface area contributed by atoms with Gasteiger partial charge in [0.2, 0.25) is 0 Å². The fraction of sp³-hybridized carbons (Fsp3) is 0.889. The monoisotopic (exact) mass is 195 g/mol. The van der Waals surface area contributed by atoms with E-state index >= 15 is 0 Å². The quantitative estimate of drug-likeness (QED) is 0.753. The average Bonchev–Trinajstić information content (AvgIpc) is 2.79. The third-order valence-electron chi connectivity index (χ3n) is 2.77. The molecule has 0 unspecified atom stereocenters. The summed E-state index contributed by atoms with van der Waals surface area (Å²) in [6.45, 7) is 1.23. The molecule has 1 aliphatic rings. The number of tetrazole rings is 1. The van der Waals surface area contributed by atoms with Gasteiger partial charge in [0.25, 0.3) is 0 Å². The second-order valence-electron chi connectivity index (χ2n) is 3.94. The third kappa shape index (κ3) is 2.29. The highest BCUT2D eigenvalue weighted by Crippen LogP contribution is 2.26. The van der Waals surface area contributed by atoms with Crippen molar-refractivity contribution < 1.29 is 0 Å². The number of hydrogen-bond acceptors (Lipinski definition) is 4. The van der Waals surface area contributed by atoms with Gasteiger partial charge in [0, 0.05) is 13.0 Å². The molecule has 1 fully saturated rings. The first-order valence-corrected chi connectivity index (χ1v) is 5.35. The molecule has 2 rings (SSSR count). The van der Waals surface area contributed by atoms with Crippen LogP contribution in [0.25, 0.3) is 0 Å². The standard InChI is InChI=1S/C9H17N5/c10-5-6-14-12-9(11-13-14)7-8-3-1-2-4-8/h8H,1-7,10H2. The molecule has 78 valence electrons. The van der Waals surface area contributed by atoms with Crippen molar-refractivity contribution in [2.45, 2.75) is 38.6 Å². The van der Waals surface area contributed by atoms with E-state index in [1.807, 2.05) is 0 Å². The summed E-state index contributed by atoms with van der Waals surface area (Å²) in [6, 6.07) is 0. The Balaban J connectivity index is 1.88. The lowest BCUT2D eigenvalue weighted by Crippen LogP contribution is -2.12. The third-order valence-corrected chi connectivity index (χ3v) is 2.77. The van der Waals surface area contributed by atoms with Crippen molar-refractivity contribution in [3.63, 3.8) is 0 Å². The average molecular weight is 195 g/mol. The first kappa shape index (κ1) is 9.58. The molecule has 14 heavy (non-hydrogen) atoms. The van der Waals surface area contributed by atoms with Crippen LogP contribution in [0.1, 0.15) is 31.5 Å². The molecule has 0 spiro atoms. The van der Waals surface area contributed by atoms with Gasteiger partial charge >= 0.3 is 0 Å². The van der Waals surface area contributed by atoms with Crippen LogP contribution in [0.2, 0.25) is 0 Å². The fourth-order valence-electron chi connectivity index (χ4n) is 2.04.